The van der Waals surface area contributed by atoms with Crippen LogP contribution in [0.5, 0.6) is 0 Å². The van der Waals surface area contributed by atoms with Gasteiger partial charge < -0.3 is 5.32 Å². The number of rotatable bonds is 3. The van der Waals surface area contributed by atoms with Crippen LogP contribution in [0.1, 0.15) is 31.2 Å². The zero-order chi connectivity index (χ0) is 12.3. The molecule has 0 aromatic heterocycles. The third-order valence-electron chi connectivity index (χ3n) is 3.08. The lowest BCUT2D eigenvalue weighted by Crippen LogP contribution is -2.33. The molecule has 0 bridgehead atoms. The molecule has 4 heteroatoms. The number of hydrogen-bond acceptors (Lipinski definition) is 1. The predicted octanol–water partition coefficient (Wildman–Crippen LogP) is 3.19. The SMILES string of the molecule is O=C(Cc1cc(Br)ccc1F)NC1CCCC1. The normalized spacial score (nSPS) is 16.1. The highest BCUT2D eigenvalue weighted by Gasteiger charge is 2.17. The highest BCUT2D eigenvalue weighted by Crippen LogP contribution is 2.19. The maximum Gasteiger partial charge on any atom is 0.224 e. The molecule has 2 nitrogen and oxygen atoms in total. The summed E-state index contributed by atoms with van der Waals surface area (Å²) in [5.41, 5.74) is 0.440. The van der Waals surface area contributed by atoms with E-state index in [0.717, 1.165) is 17.3 Å². The third kappa shape index (κ3) is 3.53. The van der Waals surface area contributed by atoms with Gasteiger partial charge in [-0.25, -0.2) is 4.39 Å². The van der Waals surface area contributed by atoms with Crippen LogP contribution in [-0.4, -0.2) is 11.9 Å². The van der Waals surface area contributed by atoms with Crippen LogP contribution >= 0.6 is 15.9 Å². The molecule has 1 aromatic carbocycles. The second kappa shape index (κ2) is 5.63. The molecule has 0 atom stereocenters. The van der Waals surface area contributed by atoms with Gasteiger partial charge in [-0.1, -0.05) is 28.8 Å². The van der Waals surface area contributed by atoms with Gasteiger partial charge in [0.15, 0.2) is 0 Å². The van der Waals surface area contributed by atoms with Crippen LogP contribution < -0.4 is 5.32 Å². The van der Waals surface area contributed by atoms with Crippen LogP contribution in [0.25, 0.3) is 0 Å². The molecule has 0 radical (unpaired) electrons. The monoisotopic (exact) mass is 299 g/mol. The zero-order valence-electron chi connectivity index (χ0n) is 9.51. The van der Waals surface area contributed by atoms with E-state index in [2.05, 4.69) is 21.2 Å². The Morgan fingerprint density at radius 3 is 2.82 bits per heavy atom. The molecule has 0 aliphatic heterocycles. The minimum absolute atomic E-state index is 0.0890. The number of benzene rings is 1. The molecule has 1 aliphatic carbocycles. The van der Waals surface area contributed by atoms with E-state index in [1.54, 1.807) is 12.1 Å². The van der Waals surface area contributed by atoms with Crippen molar-refractivity contribution in [2.24, 2.45) is 0 Å². The highest BCUT2D eigenvalue weighted by molar-refractivity contribution is 9.10. The van der Waals surface area contributed by atoms with Crippen LogP contribution in [0.2, 0.25) is 0 Å². The number of carbonyl (C=O) groups is 1. The summed E-state index contributed by atoms with van der Waals surface area (Å²) < 4.78 is 14.2. The first-order chi connectivity index (χ1) is 8.15. The van der Waals surface area contributed by atoms with E-state index in [0.29, 0.717) is 5.56 Å². The standard InChI is InChI=1S/C13H15BrFNO/c14-10-5-6-12(15)9(7-10)8-13(17)16-11-3-1-2-4-11/h5-7,11H,1-4,8H2,(H,16,17). The third-order valence-corrected chi connectivity index (χ3v) is 3.57. The lowest BCUT2D eigenvalue weighted by Gasteiger charge is -2.12. The molecule has 92 valence electrons. The Kier molecular flexibility index (Phi) is 4.15. The van der Waals surface area contributed by atoms with E-state index in [-0.39, 0.29) is 24.2 Å². The molecule has 0 saturated heterocycles. The summed E-state index contributed by atoms with van der Waals surface area (Å²) in [5, 5.41) is 2.95. The van der Waals surface area contributed by atoms with Gasteiger partial charge in [0, 0.05) is 10.5 Å². The van der Waals surface area contributed by atoms with Crippen molar-refractivity contribution in [3.63, 3.8) is 0 Å². The molecule has 1 aromatic rings. The van der Waals surface area contributed by atoms with Gasteiger partial charge in [-0.15, -0.1) is 0 Å². The summed E-state index contributed by atoms with van der Waals surface area (Å²) in [6, 6.07) is 4.96. The topological polar surface area (TPSA) is 29.1 Å². The number of amides is 1. The van der Waals surface area contributed by atoms with Gasteiger partial charge in [-0.05, 0) is 36.6 Å². The van der Waals surface area contributed by atoms with Gasteiger partial charge in [-0.3, -0.25) is 4.79 Å². The van der Waals surface area contributed by atoms with Gasteiger partial charge in [0.05, 0.1) is 6.42 Å². The van der Waals surface area contributed by atoms with Crippen molar-refractivity contribution >= 4 is 21.8 Å². The molecule has 1 N–H and O–H groups in total. The molecule has 0 spiro atoms. The Hall–Kier alpha value is -0.900. The van der Waals surface area contributed by atoms with E-state index >= 15 is 0 Å². The lowest BCUT2D eigenvalue weighted by atomic mass is 10.1. The first kappa shape index (κ1) is 12.6. The molecule has 1 saturated carbocycles. The molecule has 17 heavy (non-hydrogen) atoms. The highest BCUT2D eigenvalue weighted by atomic mass is 79.9. The molecule has 0 unspecified atom stereocenters. The van der Waals surface area contributed by atoms with Crippen molar-refractivity contribution in [3.05, 3.63) is 34.1 Å². The second-order valence-electron chi connectivity index (χ2n) is 4.46. The Bertz CT molecular complexity index is 416. The Labute approximate surface area is 109 Å². The molecule has 0 heterocycles. The summed E-state index contributed by atoms with van der Waals surface area (Å²) in [6.07, 6.45) is 4.56. The van der Waals surface area contributed by atoms with Crippen molar-refractivity contribution in [3.8, 4) is 0 Å². The summed E-state index contributed by atoms with van der Waals surface area (Å²) in [5.74, 6) is -0.413. The van der Waals surface area contributed by atoms with E-state index in [1.807, 2.05) is 0 Å². The number of hydrogen-bond donors (Lipinski definition) is 1. The van der Waals surface area contributed by atoms with Crippen LogP contribution in [0.15, 0.2) is 22.7 Å². The fourth-order valence-corrected chi connectivity index (χ4v) is 2.61. The summed E-state index contributed by atoms with van der Waals surface area (Å²) in [7, 11) is 0. The average molecular weight is 300 g/mol. The van der Waals surface area contributed by atoms with Crippen LogP contribution in [0.3, 0.4) is 0 Å². The first-order valence-corrected chi connectivity index (χ1v) is 6.68. The number of halogens is 2. The van der Waals surface area contributed by atoms with Gasteiger partial charge in [0.1, 0.15) is 5.82 Å². The maximum atomic E-state index is 13.4. The lowest BCUT2D eigenvalue weighted by molar-refractivity contribution is -0.121. The van der Waals surface area contributed by atoms with Crippen molar-refractivity contribution in [1.82, 2.24) is 5.32 Å². The van der Waals surface area contributed by atoms with Crippen LogP contribution in [0, 0.1) is 5.82 Å². The van der Waals surface area contributed by atoms with Crippen molar-refractivity contribution in [2.45, 2.75) is 38.1 Å². The van der Waals surface area contributed by atoms with Crippen molar-refractivity contribution < 1.29 is 9.18 Å². The van der Waals surface area contributed by atoms with E-state index in [1.165, 1.54) is 18.9 Å². The van der Waals surface area contributed by atoms with E-state index in [9.17, 15) is 9.18 Å². The summed E-state index contributed by atoms with van der Waals surface area (Å²) >= 11 is 3.28. The smallest absolute Gasteiger partial charge is 0.224 e. The molecule has 1 fully saturated rings. The minimum atomic E-state index is -0.324. The summed E-state index contributed by atoms with van der Waals surface area (Å²) in [4.78, 5) is 11.7. The zero-order valence-corrected chi connectivity index (χ0v) is 11.1. The van der Waals surface area contributed by atoms with Gasteiger partial charge in [0.25, 0.3) is 0 Å². The molecular weight excluding hydrogens is 285 g/mol. The van der Waals surface area contributed by atoms with Crippen LogP contribution in [0.4, 0.5) is 4.39 Å². The first-order valence-electron chi connectivity index (χ1n) is 5.88. The minimum Gasteiger partial charge on any atom is -0.353 e. The van der Waals surface area contributed by atoms with E-state index < -0.39 is 0 Å². The fourth-order valence-electron chi connectivity index (χ4n) is 2.20. The van der Waals surface area contributed by atoms with Crippen molar-refractivity contribution in [1.29, 1.82) is 0 Å². The number of carbonyl (C=O) groups excluding carboxylic acids is 1. The maximum absolute atomic E-state index is 13.4. The second-order valence-corrected chi connectivity index (χ2v) is 5.38. The van der Waals surface area contributed by atoms with Gasteiger partial charge in [0.2, 0.25) is 5.91 Å². The molecular formula is C13H15BrFNO. The predicted molar refractivity (Wildman–Crippen MR) is 68.2 cm³/mol. The van der Waals surface area contributed by atoms with E-state index in [4.69, 9.17) is 0 Å². The van der Waals surface area contributed by atoms with Crippen molar-refractivity contribution in [2.75, 3.05) is 0 Å². The Morgan fingerprint density at radius 1 is 1.41 bits per heavy atom. The molecule has 1 amide bonds. The summed E-state index contributed by atoms with van der Waals surface area (Å²) in [6.45, 7) is 0. The van der Waals surface area contributed by atoms with Gasteiger partial charge in [-0.2, -0.15) is 0 Å². The largest absolute Gasteiger partial charge is 0.353 e. The molecule has 1 aliphatic rings. The fraction of sp³-hybridized carbons (Fsp3) is 0.462. The Morgan fingerprint density at radius 2 is 2.12 bits per heavy atom. The van der Waals surface area contributed by atoms with Gasteiger partial charge >= 0.3 is 0 Å². The number of nitrogens with one attached hydrogen (secondary N) is 1. The Balaban J connectivity index is 1.95. The van der Waals surface area contributed by atoms with Crippen LogP contribution in [-0.2, 0) is 11.2 Å². The quantitative estimate of drug-likeness (QED) is 0.912. The molecule has 2 rings (SSSR count). The average Bonchev–Trinajstić information content (AvgIpc) is 2.76.